The van der Waals surface area contributed by atoms with Gasteiger partial charge in [-0.1, -0.05) is 20.8 Å². The first-order valence-corrected chi connectivity index (χ1v) is 10.4. The molecule has 5 nitrogen and oxygen atoms in total. The first-order valence-electron chi connectivity index (χ1n) is 8.53. The summed E-state index contributed by atoms with van der Waals surface area (Å²) in [4.78, 5) is 12.1. The quantitative estimate of drug-likeness (QED) is 0.534. The van der Waals surface area contributed by atoms with Gasteiger partial charge in [0.2, 0.25) is 5.91 Å². The summed E-state index contributed by atoms with van der Waals surface area (Å²) in [7, 11) is -2.94. The number of hydrogen-bond acceptors (Lipinski definition) is 4. The van der Waals surface area contributed by atoms with Gasteiger partial charge in [-0.05, 0) is 51.1 Å². The van der Waals surface area contributed by atoms with Crippen molar-refractivity contribution in [2.24, 2.45) is 11.3 Å². The topological polar surface area (TPSA) is 75.3 Å². The molecule has 22 heavy (non-hydrogen) atoms. The normalized spacial score (nSPS) is 16.7. The van der Waals surface area contributed by atoms with E-state index in [-0.39, 0.29) is 22.8 Å². The molecule has 1 amide bonds. The number of amides is 1. The highest BCUT2D eigenvalue weighted by molar-refractivity contribution is 7.91. The molecule has 1 rings (SSSR count). The first kappa shape index (κ1) is 19.4. The van der Waals surface area contributed by atoms with Gasteiger partial charge in [0.15, 0.2) is 0 Å². The average Bonchev–Trinajstić information content (AvgIpc) is 3.24. The maximum absolute atomic E-state index is 12.1. The van der Waals surface area contributed by atoms with Gasteiger partial charge in [0, 0.05) is 6.54 Å². The van der Waals surface area contributed by atoms with Crippen LogP contribution in [0.2, 0.25) is 0 Å². The van der Waals surface area contributed by atoms with Crippen molar-refractivity contribution in [3.8, 4) is 0 Å². The predicted octanol–water partition coefficient (Wildman–Crippen LogP) is 1.73. The zero-order valence-electron chi connectivity index (χ0n) is 14.3. The molecule has 130 valence electrons. The molecule has 0 aromatic carbocycles. The van der Waals surface area contributed by atoms with Crippen molar-refractivity contribution in [1.29, 1.82) is 0 Å². The van der Waals surface area contributed by atoms with E-state index in [1.165, 1.54) is 0 Å². The monoisotopic (exact) mass is 332 g/mol. The third-order valence-corrected chi connectivity index (χ3v) is 6.39. The molecule has 0 radical (unpaired) electrons. The highest BCUT2D eigenvalue weighted by Gasteiger charge is 2.51. The van der Waals surface area contributed by atoms with E-state index in [1.54, 1.807) is 0 Å². The number of hydrogen-bond donors (Lipinski definition) is 2. The smallest absolute Gasteiger partial charge is 0.226 e. The molecular weight excluding hydrogens is 300 g/mol. The van der Waals surface area contributed by atoms with Gasteiger partial charge in [-0.3, -0.25) is 4.79 Å². The number of carbonyl (C=O) groups is 1. The lowest BCUT2D eigenvalue weighted by atomic mass is 9.91. The molecule has 1 aliphatic carbocycles. The SMILES string of the molecule is CCNCCCS(=O)(=O)CCCCNC(=O)C1(C(C)C)CC1. The predicted molar refractivity (Wildman–Crippen MR) is 90.6 cm³/mol. The maximum atomic E-state index is 12.1. The highest BCUT2D eigenvalue weighted by atomic mass is 32.2. The molecule has 1 aliphatic rings. The Balaban J connectivity index is 2.11. The Labute approximate surface area is 135 Å². The number of unbranched alkanes of at least 4 members (excludes halogenated alkanes) is 1. The summed E-state index contributed by atoms with van der Waals surface area (Å²) in [5.74, 6) is 1.01. The van der Waals surface area contributed by atoms with Crippen molar-refractivity contribution < 1.29 is 13.2 Å². The molecule has 1 saturated carbocycles. The minimum Gasteiger partial charge on any atom is -0.356 e. The van der Waals surface area contributed by atoms with E-state index >= 15 is 0 Å². The fourth-order valence-corrected chi connectivity index (χ4v) is 4.15. The van der Waals surface area contributed by atoms with Crippen molar-refractivity contribution >= 4 is 15.7 Å². The molecule has 0 spiro atoms. The fourth-order valence-electron chi connectivity index (χ4n) is 2.72. The third kappa shape index (κ3) is 6.24. The highest BCUT2D eigenvalue weighted by Crippen LogP contribution is 2.51. The molecule has 6 heteroatoms. The zero-order chi connectivity index (χ0) is 16.6. The van der Waals surface area contributed by atoms with Crippen molar-refractivity contribution in [1.82, 2.24) is 10.6 Å². The summed E-state index contributed by atoms with van der Waals surface area (Å²) in [6.45, 7) is 8.40. The number of sulfone groups is 1. The second kappa shape index (κ2) is 8.87. The van der Waals surface area contributed by atoms with E-state index < -0.39 is 9.84 Å². The van der Waals surface area contributed by atoms with Gasteiger partial charge in [-0.15, -0.1) is 0 Å². The van der Waals surface area contributed by atoms with Gasteiger partial charge >= 0.3 is 0 Å². The van der Waals surface area contributed by atoms with Crippen molar-refractivity contribution in [2.45, 2.75) is 52.9 Å². The van der Waals surface area contributed by atoms with E-state index in [9.17, 15) is 13.2 Å². The van der Waals surface area contributed by atoms with Crippen LogP contribution in [0.15, 0.2) is 0 Å². The lowest BCUT2D eigenvalue weighted by Gasteiger charge is -2.18. The van der Waals surface area contributed by atoms with Crippen LogP contribution in [0.5, 0.6) is 0 Å². The van der Waals surface area contributed by atoms with Gasteiger partial charge < -0.3 is 10.6 Å². The van der Waals surface area contributed by atoms with Crippen molar-refractivity contribution in [3.05, 3.63) is 0 Å². The Hall–Kier alpha value is -0.620. The minimum atomic E-state index is -2.94. The van der Waals surface area contributed by atoms with Crippen LogP contribution in [0.4, 0.5) is 0 Å². The molecular formula is C16H32N2O3S. The molecule has 2 N–H and O–H groups in total. The number of nitrogens with one attached hydrogen (secondary N) is 2. The van der Waals surface area contributed by atoms with Crippen LogP contribution in [0.1, 0.15) is 52.9 Å². The largest absolute Gasteiger partial charge is 0.356 e. The summed E-state index contributed by atoms with van der Waals surface area (Å²) in [6.07, 6.45) is 3.99. The molecule has 1 fully saturated rings. The Morgan fingerprint density at radius 3 is 2.27 bits per heavy atom. The van der Waals surface area contributed by atoms with Gasteiger partial charge in [0.1, 0.15) is 9.84 Å². The summed E-state index contributed by atoms with van der Waals surface area (Å²) in [5.41, 5.74) is -0.141. The first-order chi connectivity index (χ1) is 10.3. The van der Waals surface area contributed by atoms with E-state index in [2.05, 4.69) is 24.5 Å². The molecule has 0 aromatic rings. The van der Waals surface area contributed by atoms with Crippen LogP contribution >= 0.6 is 0 Å². The lowest BCUT2D eigenvalue weighted by Crippen LogP contribution is -2.35. The Morgan fingerprint density at radius 2 is 1.73 bits per heavy atom. The van der Waals surface area contributed by atoms with Crippen molar-refractivity contribution in [3.63, 3.8) is 0 Å². The molecule has 0 aromatic heterocycles. The molecule has 0 unspecified atom stereocenters. The zero-order valence-corrected chi connectivity index (χ0v) is 15.1. The summed E-state index contributed by atoms with van der Waals surface area (Å²) in [5, 5.41) is 6.10. The standard InChI is InChI=1S/C16H32N2O3S/c1-4-17-10-7-13-22(20,21)12-6-5-11-18-15(19)16(8-9-16)14(2)3/h14,17H,4-13H2,1-3H3,(H,18,19). The summed E-state index contributed by atoms with van der Waals surface area (Å²) >= 11 is 0. The van der Waals surface area contributed by atoms with E-state index in [0.717, 1.165) is 32.4 Å². The van der Waals surface area contributed by atoms with Crippen LogP contribution in [0, 0.1) is 11.3 Å². The minimum absolute atomic E-state index is 0.141. The number of rotatable bonds is 12. The molecule has 0 saturated heterocycles. The van der Waals surface area contributed by atoms with Crippen LogP contribution in [-0.4, -0.2) is 45.5 Å². The second-order valence-corrected chi connectivity index (χ2v) is 8.94. The van der Waals surface area contributed by atoms with Crippen LogP contribution < -0.4 is 10.6 Å². The summed E-state index contributed by atoms with van der Waals surface area (Å²) < 4.78 is 23.7. The van der Waals surface area contributed by atoms with Gasteiger partial charge in [0.25, 0.3) is 0 Å². The third-order valence-electron chi connectivity index (χ3n) is 4.57. The van der Waals surface area contributed by atoms with Gasteiger partial charge in [0.05, 0.1) is 16.9 Å². The fraction of sp³-hybridized carbons (Fsp3) is 0.938. The maximum Gasteiger partial charge on any atom is 0.226 e. The van der Waals surface area contributed by atoms with E-state index in [1.807, 2.05) is 6.92 Å². The molecule has 0 bridgehead atoms. The average molecular weight is 333 g/mol. The second-order valence-electron chi connectivity index (χ2n) is 6.63. The summed E-state index contributed by atoms with van der Waals surface area (Å²) in [6, 6.07) is 0. The van der Waals surface area contributed by atoms with Gasteiger partial charge in [-0.25, -0.2) is 8.42 Å². The Bertz CT molecular complexity index is 442. The number of carbonyl (C=O) groups excluding carboxylic acids is 1. The molecule has 0 aliphatic heterocycles. The molecule has 0 heterocycles. The Morgan fingerprint density at radius 1 is 1.09 bits per heavy atom. The molecule has 0 atom stereocenters. The van der Waals surface area contributed by atoms with Gasteiger partial charge in [-0.2, -0.15) is 0 Å². The van der Waals surface area contributed by atoms with E-state index in [4.69, 9.17) is 0 Å². The van der Waals surface area contributed by atoms with Crippen LogP contribution in [-0.2, 0) is 14.6 Å². The Kier molecular flexibility index (Phi) is 7.83. The van der Waals surface area contributed by atoms with Crippen LogP contribution in [0.3, 0.4) is 0 Å². The van der Waals surface area contributed by atoms with E-state index in [0.29, 0.717) is 25.3 Å². The van der Waals surface area contributed by atoms with Crippen LogP contribution in [0.25, 0.3) is 0 Å². The lowest BCUT2D eigenvalue weighted by molar-refractivity contribution is -0.127. The van der Waals surface area contributed by atoms with Crippen molar-refractivity contribution in [2.75, 3.05) is 31.1 Å².